The molecule has 1 fully saturated rings. The molecule has 0 aromatic carbocycles. The summed E-state index contributed by atoms with van der Waals surface area (Å²) >= 11 is -3.38. The third-order valence-electron chi connectivity index (χ3n) is 0.910. The van der Waals surface area contributed by atoms with Gasteiger partial charge in [-0.25, -0.2) is 0 Å². The van der Waals surface area contributed by atoms with Gasteiger partial charge < -0.3 is 0 Å². The number of hydrogen-bond acceptors (Lipinski definition) is 8. The van der Waals surface area contributed by atoms with Gasteiger partial charge in [-0.05, 0) is 0 Å². The predicted octanol–water partition coefficient (Wildman–Crippen LogP) is -3.15. The Hall–Kier alpha value is 0.539. The maximum absolute atomic E-state index is 9.92. The van der Waals surface area contributed by atoms with Gasteiger partial charge in [0.2, 0.25) is 0 Å². The van der Waals surface area contributed by atoms with Crippen LogP contribution in [0.2, 0.25) is 0 Å². The molecule has 1 aliphatic rings. The van der Waals surface area contributed by atoms with Crippen LogP contribution in [-0.2, 0) is 22.8 Å². The van der Waals surface area contributed by atoms with Crippen molar-refractivity contribution in [1.82, 2.24) is 0 Å². The summed E-state index contributed by atoms with van der Waals surface area (Å²) in [6.07, 6.45) is 0. The van der Waals surface area contributed by atoms with Gasteiger partial charge in [0.1, 0.15) is 0 Å². The van der Waals surface area contributed by atoms with Gasteiger partial charge >= 0.3 is 81.5 Å². The molecule has 0 saturated carbocycles. The van der Waals surface area contributed by atoms with Crippen LogP contribution in [0.4, 0.5) is 0 Å². The van der Waals surface area contributed by atoms with Crippen LogP contribution in [0, 0.1) is 0 Å². The molecular formula is H2Al2O8Si2. The average molecular weight is 240 g/mol. The molecule has 8 nitrogen and oxygen atoms in total. The molecule has 0 radical (unpaired) electrons. The topological polar surface area (TPSA) is 112 Å². The van der Waals surface area contributed by atoms with E-state index >= 15 is 0 Å². The minimum atomic E-state index is -3.88. The van der Waals surface area contributed by atoms with E-state index in [1.807, 2.05) is 0 Å². The second-order valence-electron chi connectivity index (χ2n) is 1.68. The molecule has 1 rings (SSSR count). The van der Waals surface area contributed by atoms with Gasteiger partial charge in [0.25, 0.3) is 0 Å². The van der Waals surface area contributed by atoms with E-state index in [2.05, 4.69) is 15.2 Å². The van der Waals surface area contributed by atoms with Crippen molar-refractivity contribution < 1.29 is 32.4 Å². The van der Waals surface area contributed by atoms with E-state index in [1.54, 1.807) is 0 Å². The fourth-order valence-electron chi connectivity index (χ4n) is 0.551. The molecule has 64 valence electrons. The summed E-state index contributed by atoms with van der Waals surface area (Å²) in [4.78, 5) is 17.9. The zero-order valence-electron chi connectivity index (χ0n) is 5.50. The monoisotopic (exact) mass is 240 g/mol. The summed E-state index contributed by atoms with van der Waals surface area (Å²) in [5.41, 5.74) is 0. The van der Waals surface area contributed by atoms with Crippen molar-refractivity contribution in [3.05, 3.63) is 0 Å². The Labute approximate surface area is 81.5 Å². The molecule has 0 aromatic heterocycles. The fourth-order valence-corrected chi connectivity index (χ4v) is 6.70. The van der Waals surface area contributed by atoms with Crippen LogP contribution in [0.1, 0.15) is 0 Å². The number of rotatable bonds is 4. The van der Waals surface area contributed by atoms with Crippen LogP contribution >= 0.6 is 0 Å². The quantitative estimate of drug-likeness (QED) is 0.495. The first kappa shape index (κ1) is 10.6. The molecule has 0 atom stereocenters. The van der Waals surface area contributed by atoms with Crippen LogP contribution < -0.4 is 0 Å². The standard InChI is InChI=1S/2Al.H2O6Si2.2O/c;;1-7(2)5-8(3,4)6-7;;/h;;1,3H;;/q2*+1;-2;;. The summed E-state index contributed by atoms with van der Waals surface area (Å²) in [6, 6.07) is 0. The number of hydrogen-bond donors (Lipinski definition) is 2. The molecule has 0 aromatic rings. The van der Waals surface area contributed by atoms with Crippen LogP contribution in [0.3, 0.4) is 0 Å². The molecule has 0 amide bonds. The Balaban J connectivity index is 2.43. The molecule has 1 saturated heterocycles. The maximum atomic E-state index is 9.92. The van der Waals surface area contributed by atoms with E-state index in [-0.39, 0.29) is 0 Å². The first-order valence-corrected chi connectivity index (χ1v) is 7.84. The van der Waals surface area contributed by atoms with E-state index in [0.717, 1.165) is 0 Å². The Morgan fingerprint density at radius 3 is 1.58 bits per heavy atom. The van der Waals surface area contributed by atoms with Crippen LogP contribution in [0.5, 0.6) is 0 Å². The van der Waals surface area contributed by atoms with Crippen molar-refractivity contribution in [3.8, 4) is 0 Å². The first-order valence-electron chi connectivity index (χ1n) is 2.61. The Bertz CT molecular complexity index is 177. The Kier molecular flexibility index (Phi) is 3.30. The van der Waals surface area contributed by atoms with Gasteiger partial charge in [-0.1, -0.05) is 0 Å². The van der Waals surface area contributed by atoms with Gasteiger partial charge in [0, 0.05) is 0 Å². The SMILES string of the molecule is [O]=[Al][O][Si]1(O)O[Si](O)([O][Al]=[O])O1. The molecular weight excluding hydrogens is 238 g/mol. The first-order chi connectivity index (χ1) is 5.54. The normalized spacial score (nSPS) is 38.8. The molecule has 12 heavy (non-hydrogen) atoms. The van der Waals surface area contributed by atoms with E-state index in [0.29, 0.717) is 0 Å². The second kappa shape index (κ2) is 3.73. The summed E-state index contributed by atoms with van der Waals surface area (Å²) in [7, 11) is -7.77. The van der Waals surface area contributed by atoms with Crippen molar-refractivity contribution in [2.24, 2.45) is 0 Å². The summed E-state index contributed by atoms with van der Waals surface area (Å²) in [5.74, 6) is 0. The second-order valence-corrected chi connectivity index (χ2v) is 7.68. The van der Waals surface area contributed by atoms with Crippen LogP contribution in [-0.4, -0.2) is 58.7 Å². The zero-order valence-corrected chi connectivity index (χ0v) is 9.81. The molecule has 12 heteroatoms. The summed E-state index contributed by atoms with van der Waals surface area (Å²) in [6.45, 7) is 0. The molecule has 0 bridgehead atoms. The minimum absolute atomic E-state index is 1.69. The van der Waals surface area contributed by atoms with Gasteiger partial charge in [-0.15, -0.1) is 0 Å². The van der Waals surface area contributed by atoms with Gasteiger partial charge in [-0.2, -0.15) is 0 Å². The summed E-state index contributed by atoms with van der Waals surface area (Å²) in [5, 5.41) is 0. The van der Waals surface area contributed by atoms with Crippen LogP contribution in [0.15, 0.2) is 0 Å². The van der Waals surface area contributed by atoms with Crippen LogP contribution in [0.25, 0.3) is 0 Å². The zero-order chi connectivity index (χ0) is 9.24. The van der Waals surface area contributed by atoms with Crippen molar-refractivity contribution in [2.75, 3.05) is 0 Å². The average Bonchev–Trinajstić information content (AvgIpc) is 1.84. The molecule has 1 heterocycles. The molecule has 0 unspecified atom stereocenters. The summed E-state index contributed by atoms with van der Waals surface area (Å²) < 4.78 is 36.9. The Morgan fingerprint density at radius 1 is 1.00 bits per heavy atom. The van der Waals surface area contributed by atoms with E-state index in [4.69, 9.17) is 9.59 Å². The van der Waals surface area contributed by atoms with E-state index in [1.165, 1.54) is 0 Å². The van der Waals surface area contributed by atoms with E-state index in [9.17, 15) is 7.61 Å². The Morgan fingerprint density at radius 2 is 1.33 bits per heavy atom. The van der Waals surface area contributed by atoms with Gasteiger partial charge in [-0.3, -0.25) is 0 Å². The molecule has 2 N–H and O–H groups in total. The van der Waals surface area contributed by atoms with Gasteiger partial charge in [0.05, 0.1) is 0 Å². The van der Waals surface area contributed by atoms with Crippen molar-refractivity contribution >= 4 is 49.1 Å². The third kappa shape index (κ3) is 2.27. The van der Waals surface area contributed by atoms with Gasteiger partial charge in [0.15, 0.2) is 0 Å². The molecule has 0 aliphatic carbocycles. The predicted molar refractivity (Wildman–Crippen MR) is 33.2 cm³/mol. The van der Waals surface area contributed by atoms with Crippen molar-refractivity contribution in [2.45, 2.75) is 0 Å². The molecule has 0 spiro atoms. The van der Waals surface area contributed by atoms with Crippen molar-refractivity contribution in [1.29, 1.82) is 0 Å². The van der Waals surface area contributed by atoms with E-state index < -0.39 is 49.1 Å². The van der Waals surface area contributed by atoms with Crippen molar-refractivity contribution in [3.63, 3.8) is 0 Å². The molecule has 1 aliphatic heterocycles. The fraction of sp³-hybridized carbons (Fsp3) is 0. The third-order valence-corrected chi connectivity index (χ3v) is 8.19.